The van der Waals surface area contributed by atoms with Crippen LogP contribution in [0.4, 0.5) is 5.82 Å². The van der Waals surface area contributed by atoms with E-state index in [2.05, 4.69) is 10.3 Å². The normalized spacial score (nSPS) is 25.2. The van der Waals surface area contributed by atoms with E-state index in [1.807, 2.05) is 12.1 Å². The quantitative estimate of drug-likeness (QED) is 0.797. The summed E-state index contributed by atoms with van der Waals surface area (Å²) in [6.07, 6.45) is 1.71. The molecule has 1 aliphatic heterocycles. The predicted molar refractivity (Wildman–Crippen MR) is 58.7 cm³/mol. The SMILES string of the molecule is COc1cccnc1NC1COCC1Cl. The summed E-state index contributed by atoms with van der Waals surface area (Å²) < 4.78 is 10.4. The maximum Gasteiger partial charge on any atom is 0.169 e. The van der Waals surface area contributed by atoms with Gasteiger partial charge in [-0.2, -0.15) is 0 Å². The number of alkyl halides is 1. The third-order valence-electron chi connectivity index (χ3n) is 2.32. The molecule has 1 fully saturated rings. The average molecular weight is 229 g/mol. The van der Waals surface area contributed by atoms with Crippen molar-refractivity contribution >= 4 is 17.4 Å². The Labute approximate surface area is 93.6 Å². The maximum atomic E-state index is 6.07. The Kier molecular flexibility index (Phi) is 3.28. The Morgan fingerprint density at radius 1 is 1.60 bits per heavy atom. The topological polar surface area (TPSA) is 43.4 Å². The molecule has 82 valence electrons. The first-order valence-corrected chi connectivity index (χ1v) is 5.22. The minimum Gasteiger partial charge on any atom is -0.493 e. The summed E-state index contributed by atoms with van der Waals surface area (Å²) in [6, 6.07) is 3.78. The highest BCUT2D eigenvalue weighted by Crippen LogP contribution is 2.24. The lowest BCUT2D eigenvalue weighted by Gasteiger charge is -2.16. The number of nitrogens with one attached hydrogen (secondary N) is 1. The van der Waals surface area contributed by atoms with Crippen molar-refractivity contribution in [2.24, 2.45) is 0 Å². The van der Waals surface area contributed by atoms with Gasteiger partial charge in [0.2, 0.25) is 0 Å². The van der Waals surface area contributed by atoms with Crippen molar-refractivity contribution in [2.75, 3.05) is 25.6 Å². The van der Waals surface area contributed by atoms with Crippen LogP contribution in [0, 0.1) is 0 Å². The molecule has 2 unspecified atom stereocenters. The minimum atomic E-state index is -0.0169. The van der Waals surface area contributed by atoms with Gasteiger partial charge in [0.15, 0.2) is 11.6 Å². The molecule has 1 aromatic heterocycles. The zero-order valence-electron chi connectivity index (χ0n) is 8.44. The Bertz CT molecular complexity index is 335. The second kappa shape index (κ2) is 4.68. The number of hydrogen-bond donors (Lipinski definition) is 1. The lowest BCUT2D eigenvalue weighted by Crippen LogP contribution is -2.28. The van der Waals surface area contributed by atoms with Gasteiger partial charge in [-0.3, -0.25) is 0 Å². The van der Waals surface area contributed by atoms with Gasteiger partial charge in [0.25, 0.3) is 0 Å². The molecule has 0 bridgehead atoms. The van der Waals surface area contributed by atoms with Crippen molar-refractivity contribution in [2.45, 2.75) is 11.4 Å². The van der Waals surface area contributed by atoms with E-state index in [1.165, 1.54) is 0 Å². The molecule has 1 aromatic rings. The van der Waals surface area contributed by atoms with E-state index in [0.29, 0.717) is 24.8 Å². The first-order valence-electron chi connectivity index (χ1n) is 4.78. The van der Waals surface area contributed by atoms with Gasteiger partial charge in [0, 0.05) is 6.20 Å². The van der Waals surface area contributed by atoms with Gasteiger partial charge in [0.1, 0.15) is 0 Å². The van der Waals surface area contributed by atoms with Gasteiger partial charge in [0.05, 0.1) is 31.7 Å². The fraction of sp³-hybridized carbons (Fsp3) is 0.500. The molecule has 0 radical (unpaired) electrons. The minimum absolute atomic E-state index is 0.0169. The molecule has 2 heterocycles. The molecular formula is C10H13ClN2O2. The fourth-order valence-corrected chi connectivity index (χ4v) is 1.72. The number of aromatic nitrogens is 1. The third kappa shape index (κ3) is 2.33. The third-order valence-corrected chi connectivity index (χ3v) is 2.75. The Balaban J connectivity index is 2.09. The van der Waals surface area contributed by atoms with E-state index >= 15 is 0 Å². The Morgan fingerprint density at radius 2 is 2.47 bits per heavy atom. The summed E-state index contributed by atoms with van der Waals surface area (Å²) >= 11 is 6.07. The molecule has 1 saturated heterocycles. The van der Waals surface area contributed by atoms with Gasteiger partial charge in [-0.1, -0.05) is 0 Å². The van der Waals surface area contributed by atoms with Gasteiger partial charge < -0.3 is 14.8 Å². The van der Waals surface area contributed by atoms with Crippen LogP contribution in [-0.2, 0) is 4.74 Å². The van der Waals surface area contributed by atoms with Crippen LogP contribution in [0.25, 0.3) is 0 Å². The average Bonchev–Trinajstić information content (AvgIpc) is 2.65. The highest BCUT2D eigenvalue weighted by molar-refractivity contribution is 6.21. The number of anilines is 1. The van der Waals surface area contributed by atoms with Gasteiger partial charge >= 0.3 is 0 Å². The number of halogens is 1. The van der Waals surface area contributed by atoms with Crippen molar-refractivity contribution in [3.05, 3.63) is 18.3 Å². The van der Waals surface area contributed by atoms with Gasteiger partial charge in [-0.05, 0) is 12.1 Å². The number of ether oxygens (including phenoxy) is 2. The summed E-state index contributed by atoms with van der Waals surface area (Å²) in [5.74, 6) is 1.43. The molecule has 2 atom stereocenters. The summed E-state index contributed by atoms with van der Waals surface area (Å²) in [6.45, 7) is 1.18. The second-order valence-electron chi connectivity index (χ2n) is 3.36. The van der Waals surface area contributed by atoms with Crippen LogP contribution in [0.15, 0.2) is 18.3 Å². The summed E-state index contributed by atoms with van der Waals surface area (Å²) in [4.78, 5) is 4.20. The van der Waals surface area contributed by atoms with E-state index in [4.69, 9.17) is 21.1 Å². The molecule has 0 aliphatic carbocycles. The monoisotopic (exact) mass is 228 g/mol. The molecule has 4 nitrogen and oxygen atoms in total. The van der Waals surface area contributed by atoms with Crippen LogP contribution < -0.4 is 10.1 Å². The van der Waals surface area contributed by atoms with Crippen LogP contribution >= 0.6 is 11.6 Å². The van der Waals surface area contributed by atoms with Gasteiger partial charge in [-0.15, -0.1) is 11.6 Å². The van der Waals surface area contributed by atoms with Crippen molar-refractivity contribution in [3.8, 4) is 5.75 Å². The van der Waals surface area contributed by atoms with E-state index in [-0.39, 0.29) is 11.4 Å². The first-order chi connectivity index (χ1) is 7.31. The summed E-state index contributed by atoms with van der Waals surface area (Å²) in [5.41, 5.74) is 0. The largest absolute Gasteiger partial charge is 0.493 e. The standard InChI is InChI=1S/C10H13ClN2O2/c1-14-9-3-2-4-12-10(9)13-8-6-15-5-7(8)11/h2-4,7-8H,5-6H2,1H3,(H,12,13). The molecule has 0 amide bonds. The van der Waals surface area contributed by atoms with Crippen molar-refractivity contribution in [1.82, 2.24) is 4.98 Å². The molecule has 5 heteroatoms. The van der Waals surface area contributed by atoms with Crippen LogP contribution in [0.5, 0.6) is 5.75 Å². The molecule has 2 rings (SSSR count). The molecule has 1 N–H and O–H groups in total. The molecule has 15 heavy (non-hydrogen) atoms. The van der Waals surface area contributed by atoms with E-state index in [0.717, 1.165) is 0 Å². The van der Waals surface area contributed by atoms with Crippen molar-refractivity contribution < 1.29 is 9.47 Å². The van der Waals surface area contributed by atoms with Crippen LogP contribution in [0.3, 0.4) is 0 Å². The van der Waals surface area contributed by atoms with E-state index in [1.54, 1.807) is 13.3 Å². The zero-order chi connectivity index (χ0) is 10.7. The molecule has 0 aromatic carbocycles. The number of hydrogen-bond acceptors (Lipinski definition) is 4. The second-order valence-corrected chi connectivity index (χ2v) is 3.92. The Morgan fingerprint density at radius 3 is 3.13 bits per heavy atom. The highest BCUT2D eigenvalue weighted by atomic mass is 35.5. The van der Waals surface area contributed by atoms with E-state index < -0.39 is 0 Å². The summed E-state index contributed by atoms with van der Waals surface area (Å²) in [7, 11) is 1.62. The van der Waals surface area contributed by atoms with E-state index in [9.17, 15) is 0 Å². The van der Waals surface area contributed by atoms with Crippen molar-refractivity contribution in [3.63, 3.8) is 0 Å². The number of methoxy groups -OCH3 is 1. The lowest BCUT2D eigenvalue weighted by atomic mass is 10.2. The van der Waals surface area contributed by atoms with Crippen molar-refractivity contribution in [1.29, 1.82) is 0 Å². The van der Waals surface area contributed by atoms with Crippen LogP contribution in [-0.4, -0.2) is 36.7 Å². The molecule has 0 saturated carbocycles. The number of nitrogens with zero attached hydrogens (tertiary/aromatic N) is 1. The van der Waals surface area contributed by atoms with Gasteiger partial charge in [-0.25, -0.2) is 4.98 Å². The predicted octanol–water partition coefficient (Wildman–Crippen LogP) is 1.51. The molecule has 1 aliphatic rings. The first kappa shape index (κ1) is 10.5. The zero-order valence-corrected chi connectivity index (χ0v) is 9.20. The fourth-order valence-electron chi connectivity index (χ4n) is 1.50. The number of rotatable bonds is 3. The maximum absolute atomic E-state index is 6.07. The molecule has 0 spiro atoms. The summed E-state index contributed by atoms with van der Waals surface area (Å²) in [5, 5.41) is 3.20. The Hall–Kier alpha value is -1.00. The van der Waals surface area contributed by atoms with Crippen LogP contribution in [0.1, 0.15) is 0 Å². The molecular weight excluding hydrogens is 216 g/mol. The van der Waals surface area contributed by atoms with Crippen LogP contribution in [0.2, 0.25) is 0 Å². The highest BCUT2D eigenvalue weighted by Gasteiger charge is 2.27. The number of pyridine rings is 1. The lowest BCUT2D eigenvalue weighted by molar-refractivity contribution is 0.196. The smallest absolute Gasteiger partial charge is 0.169 e.